The molecule has 3 nitrogen and oxygen atoms in total. The monoisotopic (exact) mass is 258 g/mol. The van der Waals surface area contributed by atoms with Gasteiger partial charge in [-0.15, -0.1) is 0 Å². The summed E-state index contributed by atoms with van der Waals surface area (Å²) in [6.45, 7) is 3.01. The van der Waals surface area contributed by atoms with Crippen LogP contribution in [-0.2, 0) is 5.60 Å². The zero-order chi connectivity index (χ0) is 13.3. The largest absolute Gasteiger partial charge is 0.385 e. The maximum absolute atomic E-state index is 10.8. The highest BCUT2D eigenvalue weighted by atomic mass is 16.3. The van der Waals surface area contributed by atoms with Gasteiger partial charge in [0.15, 0.2) is 0 Å². The van der Waals surface area contributed by atoms with Crippen LogP contribution in [-0.4, -0.2) is 22.7 Å². The summed E-state index contributed by atoms with van der Waals surface area (Å²) in [5.41, 5.74) is 1.36. The molecular formula is C16H22N2O. The summed E-state index contributed by atoms with van der Waals surface area (Å²) in [6, 6.07) is 8.66. The van der Waals surface area contributed by atoms with Crippen LogP contribution < -0.4 is 5.32 Å². The third kappa shape index (κ3) is 2.67. The number of aromatic nitrogens is 1. The topological polar surface area (TPSA) is 48.0 Å². The number of rotatable bonds is 3. The van der Waals surface area contributed by atoms with Crippen LogP contribution in [0.3, 0.4) is 0 Å². The molecule has 0 radical (unpaired) electrons. The molecule has 102 valence electrons. The van der Waals surface area contributed by atoms with Gasteiger partial charge in [0.2, 0.25) is 0 Å². The van der Waals surface area contributed by atoms with Crippen molar-refractivity contribution >= 4 is 10.9 Å². The van der Waals surface area contributed by atoms with E-state index in [1.807, 2.05) is 31.3 Å². The van der Waals surface area contributed by atoms with Crippen molar-refractivity contribution in [2.75, 3.05) is 6.54 Å². The molecule has 3 N–H and O–H groups in total. The van der Waals surface area contributed by atoms with E-state index in [2.05, 4.69) is 16.4 Å². The van der Waals surface area contributed by atoms with Crippen LogP contribution in [0.4, 0.5) is 0 Å². The van der Waals surface area contributed by atoms with Crippen molar-refractivity contribution in [1.82, 2.24) is 10.3 Å². The summed E-state index contributed by atoms with van der Waals surface area (Å²) in [4.78, 5) is 3.19. The van der Waals surface area contributed by atoms with Gasteiger partial charge in [0.05, 0.1) is 5.60 Å². The van der Waals surface area contributed by atoms with Crippen LogP contribution >= 0.6 is 0 Å². The number of hydrogen-bond donors (Lipinski definition) is 3. The molecule has 3 heteroatoms. The average molecular weight is 258 g/mol. The van der Waals surface area contributed by atoms with Gasteiger partial charge in [0.1, 0.15) is 0 Å². The molecule has 0 amide bonds. The van der Waals surface area contributed by atoms with Gasteiger partial charge in [-0.3, -0.25) is 0 Å². The lowest BCUT2D eigenvalue weighted by atomic mass is 9.86. The maximum Gasteiger partial charge on any atom is 0.0883 e. The van der Waals surface area contributed by atoms with Crippen molar-refractivity contribution in [3.8, 4) is 0 Å². The van der Waals surface area contributed by atoms with Crippen LogP contribution in [0.15, 0.2) is 30.5 Å². The highest BCUT2D eigenvalue weighted by molar-refractivity contribution is 5.80. The standard InChI is InChI=1S/C16H22N2O/c1-16(19,11-14-4-2-3-8-17-14)13-5-6-15-12(10-13)7-9-18-15/h5-7,9-10,14,17-19H,2-4,8,11H2,1H3. The molecule has 1 aliphatic rings. The number of H-pyrrole nitrogens is 1. The Balaban J connectivity index is 1.81. The molecule has 1 aliphatic heterocycles. The van der Waals surface area contributed by atoms with E-state index in [1.54, 1.807) is 0 Å². The minimum absolute atomic E-state index is 0.436. The van der Waals surface area contributed by atoms with Crippen molar-refractivity contribution in [2.45, 2.75) is 44.2 Å². The van der Waals surface area contributed by atoms with E-state index in [9.17, 15) is 5.11 Å². The van der Waals surface area contributed by atoms with Gasteiger partial charge in [0.25, 0.3) is 0 Å². The molecule has 2 atom stereocenters. The van der Waals surface area contributed by atoms with Crippen molar-refractivity contribution in [2.24, 2.45) is 0 Å². The Bertz CT molecular complexity index is 553. The molecular weight excluding hydrogens is 236 g/mol. The Labute approximate surface area is 114 Å². The van der Waals surface area contributed by atoms with Gasteiger partial charge >= 0.3 is 0 Å². The Morgan fingerprint density at radius 1 is 1.32 bits per heavy atom. The van der Waals surface area contributed by atoms with E-state index in [1.165, 1.54) is 19.3 Å². The lowest BCUT2D eigenvalue weighted by Crippen LogP contribution is -2.39. The number of fused-ring (bicyclic) bond motifs is 1. The predicted octanol–water partition coefficient (Wildman–Crippen LogP) is 2.91. The quantitative estimate of drug-likeness (QED) is 0.793. The highest BCUT2D eigenvalue weighted by Crippen LogP contribution is 2.30. The summed E-state index contributed by atoms with van der Waals surface area (Å²) in [5, 5.41) is 15.5. The van der Waals surface area contributed by atoms with E-state index in [0.717, 1.165) is 29.4 Å². The van der Waals surface area contributed by atoms with Crippen LogP contribution in [0.5, 0.6) is 0 Å². The van der Waals surface area contributed by atoms with E-state index in [-0.39, 0.29) is 0 Å². The summed E-state index contributed by atoms with van der Waals surface area (Å²) in [6.07, 6.45) is 6.41. The SMILES string of the molecule is CC(O)(CC1CCCCN1)c1ccc2[nH]ccc2c1. The van der Waals surface area contributed by atoms with Gasteiger partial charge < -0.3 is 15.4 Å². The Kier molecular flexibility index (Phi) is 3.33. The molecule has 3 rings (SSSR count). The zero-order valence-corrected chi connectivity index (χ0v) is 11.4. The molecule has 1 aromatic carbocycles. The fourth-order valence-corrected chi connectivity index (χ4v) is 3.08. The van der Waals surface area contributed by atoms with Gasteiger partial charge in [-0.1, -0.05) is 12.5 Å². The third-order valence-corrected chi connectivity index (χ3v) is 4.23. The highest BCUT2D eigenvalue weighted by Gasteiger charge is 2.28. The molecule has 19 heavy (non-hydrogen) atoms. The van der Waals surface area contributed by atoms with Gasteiger partial charge in [0, 0.05) is 17.8 Å². The number of aliphatic hydroxyl groups is 1. The van der Waals surface area contributed by atoms with E-state index >= 15 is 0 Å². The first kappa shape index (κ1) is 12.7. The minimum Gasteiger partial charge on any atom is -0.385 e. The number of hydrogen-bond acceptors (Lipinski definition) is 2. The molecule has 2 heterocycles. The Hall–Kier alpha value is -1.32. The number of piperidine rings is 1. The van der Waals surface area contributed by atoms with Crippen molar-refractivity contribution in [1.29, 1.82) is 0 Å². The normalized spacial score (nSPS) is 23.4. The van der Waals surface area contributed by atoms with Crippen LogP contribution in [0.2, 0.25) is 0 Å². The summed E-state index contributed by atoms with van der Waals surface area (Å²) in [5.74, 6) is 0. The van der Waals surface area contributed by atoms with Crippen LogP contribution in [0, 0.1) is 0 Å². The summed E-state index contributed by atoms with van der Waals surface area (Å²) < 4.78 is 0. The Morgan fingerprint density at radius 3 is 3.00 bits per heavy atom. The van der Waals surface area contributed by atoms with Crippen molar-refractivity contribution < 1.29 is 5.11 Å². The smallest absolute Gasteiger partial charge is 0.0883 e. The third-order valence-electron chi connectivity index (χ3n) is 4.23. The second-order valence-electron chi connectivity index (χ2n) is 5.90. The van der Waals surface area contributed by atoms with E-state index in [0.29, 0.717) is 6.04 Å². The molecule has 1 saturated heterocycles. The predicted molar refractivity (Wildman–Crippen MR) is 78.1 cm³/mol. The second-order valence-corrected chi connectivity index (χ2v) is 5.90. The van der Waals surface area contributed by atoms with E-state index in [4.69, 9.17) is 0 Å². The van der Waals surface area contributed by atoms with Gasteiger partial charge in [-0.2, -0.15) is 0 Å². The fraction of sp³-hybridized carbons (Fsp3) is 0.500. The molecule has 1 fully saturated rings. The Morgan fingerprint density at radius 2 is 2.21 bits per heavy atom. The second kappa shape index (κ2) is 4.99. The lowest BCUT2D eigenvalue weighted by Gasteiger charge is -2.32. The molecule has 0 bridgehead atoms. The first-order valence-electron chi connectivity index (χ1n) is 7.18. The lowest BCUT2D eigenvalue weighted by molar-refractivity contribution is 0.0333. The first-order chi connectivity index (χ1) is 9.15. The van der Waals surface area contributed by atoms with Gasteiger partial charge in [-0.25, -0.2) is 0 Å². The van der Waals surface area contributed by atoms with Crippen LogP contribution in [0.25, 0.3) is 10.9 Å². The molecule has 2 aromatic rings. The van der Waals surface area contributed by atoms with E-state index < -0.39 is 5.60 Å². The zero-order valence-electron chi connectivity index (χ0n) is 11.4. The summed E-state index contributed by atoms with van der Waals surface area (Å²) >= 11 is 0. The number of aromatic amines is 1. The van der Waals surface area contributed by atoms with Gasteiger partial charge in [-0.05, 0) is 61.9 Å². The molecule has 0 aliphatic carbocycles. The van der Waals surface area contributed by atoms with Crippen molar-refractivity contribution in [3.63, 3.8) is 0 Å². The maximum atomic E-state index is 10.8. The van der Waals surface area contributed by atoms with Crippen molar-refractivity contribution in [3.05, 3.63) is 36.0 Å². The number of benzene rings is 1. The first-order valence-corrected chi connectivity index (χ1v) is 7.18. The molecule has 0 spiro atoms. The summed E-state index contributed by atoms with van der Waals surface area (Å²) in [7, 11) is 0. The number of nitrogens with one attached hydrogen (secondary N) is 2. The van der Waals surface area contributed by atoms with Crippen LogP contribution in [0.1, 0.15) is 38.2 Å². The fourth-order valence-electron chi connectivity index (χ4n) is 3.08. The molecule has 2 unspecified atom stereocenters. The average Bonchev–Trinajstić information content (AvgIpc) is 2.86. The minimum atomic E-state index is -0.763. The molecule has 1 aromatic heterocycles. The molecule has 0 saturated carbocycles.